The molecule has 1 unspecified atom stereocenters. The van der Waals surface area contributed by atoms with Gasteiger partial charge in [-0.05, 0) is 38.0 Å². The molecule has 0 saturated carbocycles. The summed E-state index contributed by atoms with van der Waals surface area (Å²) in [5, 5.41) is 16.4. The first-order valence-electron chi connectivity index (χ1n) is 8.00. The molecule has 0 spiro atoms. The number of carbonyl (C=O) groups excluding carboxylic acids is 1. The van der Waals surface area contributed by atoms with Crippen molar-refractivity contribution >= 4 is 11.7 Å². The second-order valence-corrected chi connectivity index (χ2v) is 6.03. The van der Waals surface area contributed by atoms with E-state index in [2.05, 4.69) is 26.4 Å². The third-order valence-electron chi connectivity index (χ3n) is 4.24. The van der Waals surface area contributed by atoms with Crippen LogP contribution in [-0.4, -0.2) is 39.8 Å². The maximum absolute atomic E-state index is 12.4. The molecule has 3 rings (SSSR count). The molecule has 1 aliphatic rings. The van der Waals surface area contributed by atoms with E-state index in [1.54, 1.807) is 30.1 Å². The van der Waals surface area contributed by atoms with Crippen molar-refractivity contribution in [3.63, 3.8) is 0 Å². The van der Waals surface area contributed by atoms with E-state index in [1.807, 2.05) is 13.0 Å². The standard InChI is InChI=1S/C17H20N6O/c1-12-5-6-13(10-18)16(20-12)23-9-3-4-14(11-23)21-17(24)15-7-8-19-22(15)2/h5-8,14H,3-4,9,11H2,1-2H3,(H,21,24). The first kappa shape index (κ1) is 16.0. The molecule has 1 aliphatic heterocycles. The van der Waals surface area contributed by atoms with Crippen LogP contribution >= 0.6 is 0 Å². The molecule has 0 bridgehead atoms. The van der Waals surface area contributed by atoms with Gasteiger partial charge in [0.1, 0.15) is 17.6 Å². The van der Waals surface area contributed by atoms with Crippen LogP contribution in [0.5, 0.6) is 0 Å². The predicted molar refractivity (Wildman–Crippen MR) is 89.6 cm³/mol. The fourth-order valence-electron chi connectivity index (χ4n) is 3.01. The summed E-state index contributed by atoms with van der Waals surface area (Å²) < 4.78 is 1.56. The number of hydrogen-bond acceptors (Lipinski definition) is 5. The van der Waals surface area contributed by atoms with Crippen LogP contribution in [0.3, 0.4) is 0 Å². The highest BCUT2D eigenvalue weighted by Gasteiger charge is 2.25. The number of nitrogens with zero attached hydrogens (tertiary/aromatic N) is 5. The third kappa shape index (κ3) is 3.23. The Balaban J connectivity index is 1.73. The molecule has 2 aromatic heterocycles. The van der Waals surface area contributed by atoms with Gasteiger partial charge in [-0.2, -0.15) is 10.4 Å². The van der Waals surface area contributed by atoms with Crippen molar-refractivity contribution in [2.24, 2.45) is 7.05 Å². The zero-order valence-corrected chi connectivity index (χ0v) is 13.9. The lowest BCUT2D eigenvalue weighted by atomic mass is 10.0. The van der Waals surface area contributed by atoms with Crippen LogP contribution in [0.4, 0.5) is 5.82 Å². The summed E-state index contributed by atoms with van der Waals surface area (Å²) in [5.41, 5.74) is 1.99. The van der Waals surface area contributed by atoms with Crippen LogP contribution in [0.25, 0.3) is 0 Å². The van der Waals surface area contributed by atoms with Gasteiger partial charge in [-0.25, -0.2) is 4.98 Å². The van der Waals surface area contributed by atoms with Crippen molar-refractivity contribution in [1.82, 2.24) is 20.1 Å². The van der Waals surface area contributed by atoms with E-state index in [1.165, 1.54) is 0 Å². The fourth-order valence-corrected chi connectivity index (χ4v) is 3.01. The van der Waals surface area contributed by atoms with Crippen LogP contribution in [0.1, 0.15) is 34.6 Å². The largest absolute Gasteiger partial charge is 0.353 e. The smallest absolute Gasteiger partial charge is 0.269 e. The number of nitrogens with one attached hydrogen (secondary N) is 1. The second-order valence-electron chi connectivity index (χ2n) is 6.03. The topological polar surface area (TPSA) is 86.8 Å². The molecule has 24 heavy (non-hydrogen) atoms. The van der Waals surface area contributed by atoms with E-state index in [4.69, 9.17) is 0 Å². The molecule has 0 aliphatic carbocycles. The van der Waals surface area contributed by atoms with Crippen molar-refractivity contribution in [3.05, 3.63) is 41.3 Å². The van der Waals surface area contributed by atoms with Crippen molar-refractivity contribution in [3.8, 4) is 6.07 Å². The lowest BCUT2D eigenvalue weighted by molar-refractivity contribution is 0.0923. The molecule has 1 saturated heterocycles. The summed E-state index contributed by atoms with van der Waals surface area (Å²) >= 11 is 0. The van der Waals surface area contributed by atoms with Gasteiger partial charge >= 0.3 is 0 Å². The lowest BCUT2D eigenvalue weighted by Crippen LogP contribution is -2.48. The number of piperidine rings is 1. The molecule has 7 nitrogen and oxygen atoms in total. The van der Waals surface area contributed by atoms with Gasteiger partial charge in [-0.15, -0.1) is 0 Å². The number of amides is 1. The Hall–Kier alpha value is -2.88. The average molecular weight is 324 g/mol. The summed E-state index contributed by atoms with van der Waals surface area (Å²) in [5.74, 6) is 0.580. The van der Waals surface area contributed by atoms with E-state index in [0.717, 1.165) is 25.1 Å². The van der Waals surface area contributed by atoms with Gasteiger partial charge < -0.3 is 10.2 Å². The molecule has 1 amide bonds. The molecule has 7 heteroatoms. The number of carbonyl (C=O) groups is 1. The number of aryl methyl sites for hydroxylation is 2. The van der Waals surface area contributed by atoms with Crippen molar-refractivity contribution in [1.29, 1.82) is 5.26 Å². The molecule has 0 aromatic carbocycles. The Kier molecular flexibility index (Phi) is 4.47. The molecular weight excluding hydrogens is 304 g/mol. The van der Waals surface area contributed by atoms with Crippen LogP contribution in [0, 0.1) is 18.3 Å². The zero-order chi connectivity index (χ0) is 17.1. The van der Waals surface area contributed by atoms with Crippen LogP contribution < -0.4 is 10.2 Å². The van der Waals surface area contributed by atoms with Crippen molar-refractivity contribution < 1.29 is 4.79 Å². The minimum atomic E-state index is -0.125. The molecule has 1 N–H and O–H groups in total. The number of pyridine rings is 1. The normalized spacial score (nSPS) is 17.4. The maximum atomic E-state index is 12.4. The van der Waals surface area contributed by atoms with Gasteiger partial charge in [-0.1, -0.05) is 0 Å². The molecular formula is C17H20N6O. The Labute approximate surface area is 140 Å². The summed E-state index contributed by atoms with van der Waals surface area (Å²) in [4.78, 5) is 19.0. The van der Waals surface area contributed by atoms with Crippen molar-refractivity contribution in [2.45, 2.75) is 25.8 Å². The maximum Gasteiger partial charge on any atom is 0.269 e. The van der Waals surface area contributed by atoms with E-state index >= 15 is 0 Å². The first-order valence-corrected chi connectivity index (χ1v) is 8.00. The van der Waals surface area contributed by atoms with Gasteiger partial charge in [-0.3, -0.25) is 9.48 Å². The zero-order valence-electron chi connectivity index (χ0n) is 13.9. The number of anilines is 1. The summed E-state index contributed by atoms with van der Waals surface area (Å²) in [6.45, 7) is 3.40. The van der Waals surface area contributed by atoms with E-state index < -0.39 is 0 Å². The molecule has 1 fully saturated rings. The average Bonchev–Trinajstić information content (AvgIpc) is 3.01. The van der Waals surface area contributed by atoms with Gasteiger partial charge in [0.05, 0.1) is 5.56 Å². The summed E-state index contributed by atoms with van der Waals surface area (Å²) in [6, 6.07) is 7.57. The second kappa shape index (κ2) is 6.71. The highest BCUT2D eigenvalue weighted by atomic mass is 16.2. The van der Waals surface area contributed by atoms with Crippen LogP contribution in [0.15, 0.2) is 24.4 Å². The fraction of sp³-hybridized carbons (Fsp3) is 0.412. The van der Waals surface area contributed by atoms with Gasteiger partial charge in [0, 0.05) is 38.1 Å². The van der Waals surface area contributed by atoms with Gasteiger partial charge in [0.25, 0.3) is 5.91 Å². The molecule has 2 aromatic rings. The highest BCUT2D eigenvalue weighted by molar-refractivity contribution is 5.92. The van der Waals surface area contributed by atoms with Crippen molar-refractivity contribution in [2.75, 3.05) is 18.0 Å². The Morgan fingerprint density at radius 3 is 2.96 bits per heavy atom. The number of rotatable bonds is 3. The molecule has 124 valence electrons. The predicted octanol–water partition coefficient (Wildman–Crippen LogP) is 1.39. The monoisotopic (exact) mass is 324 g/mol. The molecule has 0 radical (unpaired) electrons. The first-order chi connectivity index (χ1) is 11.6. The van der Waals surface area contributed by atoms with Gasteiger partial charge in [0.15, 0.2) is 0 Å². The minimum absolute atomic E-state index is 0.0232. The summed E-state index contributed by atoms with van der Waals surface area (Å²) in [6.07, 6.45) is 3.46. The number of nitriles is 1. The van der Waals surface area contributed by atoms with Gasteiger partial charge in [0.2, 0.25) is 0 Å². The molecule has 1 atom stereocenters. The van der Waals surface area contributed by atoms with E-state index in [9.17, 15) is 10.1 Å². The van der Waals surface area contributed by atoms with E-state index in [0.29, 0.717) is 23.6 Å². The highest BCUT2D eigenvalue weighted by Crippen LogP contribution is 2.22. The lowest BCUT2D eigenvalue weighted by Gasteiger charge is -2.34. The third-order valence-corrected chi connectivity index (χ3v) is 4.24. The number of hydrogen-bond donors (Lipinski definition) is 1. The Morgan fingerprint density at radius 2 is 2.25 bits per heavy atom. The SMILES string of the molecule is Cc1ccc(C#N)c(N2CCCC(NC(=O)c3ccnn3C)C2)n1. The minimum Gasteiger partial charge on any atom is -0.353 e. The number of aromatic nitrogens is 3. The van der Waals surface area contributed by atoms with Crippen LogP contribution in [0.2, 0.25) is 0 Å². The molecule has 3 heterocycles. The van der Waals surface area contributed by atoms with Crippen LogP contribution in [-0.2, 0) is 7.05 Å². The Morgan fingerprint density at radius 1 is 1.42 bits per heavy atom. The summed E-state index contributed by atoms with van der Waals surface area (Å²) in [7, 11) is 1.75. The van der Waals surface area contributed by atoms with E-state index in [-0.39, 0.29) is 11.9 Å². The Bertz CT molecular complexity index is 791. The quantitative estimate of drug-likeness (QED) is 0.922.